The van der Waals surface area contributed by atoms with E-state index in [9.17, 15) is 4.79 Å². The Kier molecular flexibility index (Phi) is 4.67. The van der Waals surface area contributed by atoms with E-state index in [1.54, 1.807) is 6.20 Å². The summed E-state index contributed by atoms with van der Waals surface area (Å²) in [6.07, 6.45) is 5.79. The summed E-state index contributed by atoms with van der Waals surface area (Å²) in [5.41, 5.74) is 3.80. The molecule has 1 N–H and O–H groups in total. The molecule has 3 aromatic rings. The Balaban J connectivity index is 1.49. The molecule has 0 bridgehead atoms. The first-order valence-corrected chi connectivity index (χ1v) is 8.94. The third-order valence-electron chi connectivity index (χ3n) is 4.66. The number of nitrogens with zero attached hydrogens (tertiary/aromatic N) is 4. The van der Waals surface area contributed by atoms with Gasteiger partial charge in [-0.1, -0.05) is 29.8 Å². The van der Waals surface area contributed by atoms with Gasteiger partial charge in [-0.2, -0.15) is 10.2 Å². The number of carbonyl (C=O) groups is 1. The number of hydrogen-bond acceptors (Lipinski definition) is 4. The van der Waals surface area contributed by atoms with Crippen molar-refractivity contribution in [2.24, 2.45) is 5.92 Å². The van der Waals surface area contributed by atoms with Crippen molar-refractivity contribution in [2.45, 2.75) is 25.8 Å². The number of amides is 1. The smallest absolute Gasteiger partial charge is 0.227 e. The first-order valence-electron chi connectivity index (χ1n) is 8.56. The van der Waals surface area contributed by atoms with Gasteiger partial charge < -0.3 is 5.32 Å². The number of fused-ring (bicyclic) bond motifs is 1. The number of nitrogens with one attached hydrogen (secondary N) is 1. The summed E-state index contributed by atoms with van der Waals surface area (Å²) in [4.78, 5) is 12.8. The molecule has 6 nitrogen and oxygen atoms in total. The fourth-order valence-electron chi connectivity index (χ4n) is 3.30. The zero-order chi connectivity index (χ0) is 17.9. The van der Waals surface area contributed by atoms with Gasteiger partial charge in [0.2, 0.25) is 5.91 Å². The third-order valence-corrected chi connectivity index (χ3v) is 4.85. The summed E-state index contributed by atoms with van der Waals surface area (Å²) in [7, 11) is 0. The van der Waals surface area contributed by atoms with E-state index in [4.69, 9.17) is 11.6 Å². The molecule has 7 heteroatoms. The van der Waals surface area contributed by atoms with Crippen LogP contribution in [0.15, 0.2) is 48.8 Å². The molecule has 0 fully saturated rings. The highest BCUT2D eigenvalue weighted by Gasteiger charge is 2.26. The summed E-state index contributed by atoms with van der Waals surface area (Å²) >= 11 is 5.94. The largest absolute Gasteiger partial charge is 0.326 e. The summed E-state index contributed by atoms with van der Waals surface area (Å²) in [6, 6.07) is 11.5. The molecule has 2 aromatic heterocycles. The molecule has 0 aliphatic heterocycles. The van der Waals surface area contributed by atoms with Crippen LogP contribution >= 0.6 is 11.6 Å². The number of aryl methyl sites for hydroxylation is 1. The SMILES string of the molecule is O=C(Nc1ccccc1Cn1cccn1)C1CCc2nnc(Cl)cc2C1. The van der Waals surface area contributed by atoms with E-state index in [1.807, 2.05) is 47.3 Å². The van der Waals surface area contributed by atoms with E-state index in [1.165, 1.54) is 0 Å². The minimum atomic E-state index is -0.0967. The highest BCUT2D eigenvalue weighted by Crippen LogP contribution is 2.27. The summed E-state index contributed by atoms with van der Waals surface area (Å²) < 4.78 is 1.84. The van der Waals surface area contributed by atoms with E-state index >= 15 is 0 Å². The van der Waals surface area contributed by atoms with Crippen LogP contribution in [0.2, 0.25) is 5.15 Å². The molecule has 2 heterocycles. The first kappa shape index (κ1) is 16.7. The van der Waals surface area contributed by atoms with Crippen molar-refractivity contribution in [1.29, 1.82) is 0 Å². The molecule has 1 aliphatic carbocycles. The minimum absolute atomic E-state index is 0.0245. The van der Waals surface area contributed by atoms with E-state index in [2.05, 4.69) is 20.6 Å². The predicted molar refractivity (Wildman–Crippen MR) is 99.0 cm³/mol. The number of rotatable bonds is 4. The minimum Gasteiger partial charge on any atom is -0.326 e. The number of aromatic nitrogens is 4. The number of carbonyl (C=O) groups excluding carboxylic acids is 1. The highest BCUT2D eigenvalue weighted by molar-refractivity contribution is 6.29. The fourth-order valence-corrected chi connectivity index (χ4v) is 3.47. The number of anilines is 1. The Labute approximate surface area is 156 Å². The van der Waals surface area contributed by atoms with Gasteiger partial charge >= 0.3 is 0 Å². The lowest BCUT2D eigenvalue weighted by atomic mass is 9.86. The molecule has 4 rings (SSSR count). The average molecular weight is 368 g/mol. The molecule has 1 amide bonds. The lowest BCUT2D eigenvalue weighted by Gasteiger charge is -2.23. The van der Waals surface area contributed by atoms with Gasteiger partial charge in [-0.05, 0) is 48.6 Å². The Morgan fingerprint density at radius 1 is 1.27 bits per heavy atom. The Hall–Kier alpha value is -2.73. The maximum atomic E-state index is 12.8. The lowest BCUT2D eigenvalue weighted by molar-refractivity contribution is -0.120. The second-order valence-corrected chi connectivity index (χ2v) is 6.82. The maximum Gasteiger partial charge on any atom is 0.227 e. The number of hydrogen-bond donors (Lipinski definition) is 1. The maximum absolute atomic E-state index is 12.8. The van der Waals surface area contributed by atoms with Crippen molar-refractivity contribution in [2.75, 3.05) is 5.32 Å². The van der Waals surface area contributed by atoms with Crippen molar-refractivity contribution in [3.8, 4) is 0 Å². The van der Waals surface area contributed by atoms with E-state index < -0.39 is 0 Å². The van der Waals surface area contributed by atoms with Gasteiger partial charge in [0.15, 0.2) is 5.15 Å². The van der Waals surface area contributed by atoms with Crippen LogP contribution in [0.25, 0.3) is 0 Å². The third kappa shape index (κ3) is 3.60. The normalized spacial score (nSPS) is 16.1. The molecule has 0 radical (unpaired) electrons. The van der Waals surface area contributed by atoms with Crippen molar-refractivity contribution < 1.29 is 4.79 Å². The van der Waals surface area contributed by atoms with Crippen molar-refractivity contribution in [3.63, 3.8) is 0 Å². The molecule has 1 unspecified atom stereocenters. The Morgan fingerprint density at radius 3 is 3.00 bits per heavy atom. The molecular weight excluding hydrogens is 350 g/mol. The molecule has 132 valence electrons. The quantitative estimate of drug-likeness (QED) is 0.769. The highest BCUT2D eigenvalue weighted by atomic mass is 35.5. The monoisotopic (exact) mass is 367 g/mol. The van der Waals surface area contributed by atoms with Gasteiger partial charge in [0.1, 0.15) is 0 Å². The van der Waals surface area contributed by atoms with Crippen molar-refractivity contribution in [3.05, 3.63) is 70.8 Å². The molecule has 0 saturated carbocycles. The molecule has 0 spiro atoms. The predicted octanol–water partition coefficient (Wildman–Crippen LogP) is 3.12. The van der Waals surface area contributed by atoms with Gasteiger partial charge in [0.25, 0.3) is 0 Å². The number of benzene rings is 1. The van der Waals surface area contributed by atoms with Crippen LogP contribution in [-0.4, -0.2) is 25.9 Å². The van der Waals surface area contributed by atoms with Gasteiger partial charge in [-0.3, -0.25) is 9.48 Å². The van der Waals surface area contributed by atoms with Gasteiger partial charge in [-0.15, -0.1) is 5.10 Å². The second-order valence-electron chi connectivity index (χ2n) is 6.43. The van der Waals surface area contributed by atoms with Crippen LogP contribution in [0.3, 0.4) is 0 Å². The van der Waals surface area contributed by atoms with Crippen LogP contribution < -0.4 is 5.32 Å². The molecule has 1 aliphatic rings. The molecule has 1 atom stereocenters. The Bertz CT molecular complexity index is 925. The van der Waals surface area contributed by atoms with Crippen molar-refractivity contribution >= 4 is 23.2 Å². The van der Waals surface area contributed by atoms with Gasteiger partial charge in [0.05, 0.1) is 12.2 Å². The standard InChI is InChI=1S/C19H18ClN5O/c20-18-11-15-10-13(6-7-17(15)23-24-18)19(26)22-16-5-2-1-4-14(16)12-25-9-3-8-21-25/h1-5,8-9,11,13H,6-7,10,12H2,(H,22,26). The van der Waals surface area contributed by atoms with E-state index in [-0.39, 0.29) is 11.8 Å². The van der Waals surface area contributed by atoms with Crippen LogP contribution in [0.1, 0.15) is 23.2 Å². The average Bonchev–Trinajstić information content (AvgIpc) is 3.15. The first-order chi connectivity index (χ1) is 12.7. The lowest BCUT2D eigenvalue weighted by Crippen LogP contribution is -2.29. The van der Waals surface area contributed by atoms with Crippen molar-refractivity contribution in [1.82, 2.24) is 20.0 Å². The zero-order valence-corrected chi connectivity index (χ0v) is 14.9. The second kappa shape index (κ2) is 7.25. The number of halogens is 1. The molecule has 0 saturated heterocycles. The fraction of sp³-hybridized carbons (Fsp3) is 0.263. The molecule has 1 aromatic carbocycles. The van der Waals surface area contributed by atoms with Gasteiger partial charge in [0, 0.05) is 24.0 Å². The van der Waals surface area contributed by atoms with Crippen LogP contribution in [-0.2, 0) is 24.2 Å². The van der Waals surface area contributed by atoms with E-state index in [0.717, 1.165) is 35.3 Å². The van der Waals surface area contributed by atoms with Crippen LogP contribution in [0.4, 0.5) is 5.69 Å². The van der Waals surface area contributed by atoms with E-state index in [0.29, 0.717) is 18.1 Å². The number of para-hydroxylation sites is 1. The van der Waals surface area contributed by atoms with Crippen LogP contribution in [0, 0.1) is 5.92 Å². The topological polar surface area (TPSA) is 72.7 Å². The van der Waals surface area contributed by atoms with Crippen LogP contribution in [0.5, 0.6) is 0 Å². The molecular formula is C19H18ClN5O. The summed E-state index contributed by atoms with van der Waals surface area (Å²) in [5.74, 6) is -0.0722. The summed E-state index contributed by atoms with van der Waals surface area (Å²) in [6.45, 7) is 0.613. The zero-order valence-electron chi connectivity index (χ0n) is 14.1. The Morgan fingerprint density at radius 2 is 2.15 bits per heavy atom. The summed E-state index contributed by atoms with van der Waals surface area (Å²) in [5, 5.41) is 15.7. The molecule has 26 heavy (non-hydrogen) atoms. The van der Waals surface area contributed by atoms with Gasteiger partial charge in [-0.25, -0.2) is 0 Å².